The third kappa shape index (κ3) is 2.94. The zero-order chi connectivity index (χ0) is 10.7. The van der Waals surface area contributed by atoms with E-state index in [1.54, 1.807) is 18.4 Å². The molecule has 2 rings (SSSR count). The van der Waals surface area contributed by atoms with Gasteiger partial charge < -0.3 is 10.1 Å². The molecule has 84 valence electrons. The summed E-state index contributed by atoms with van der Waals surface area (Å²) in [6.45, 7) is 1.88. The van der Waals surface area contributed by atoms with Gasteiger partial charge in [0.1, 0.15) is 0 Å². The van der Waals surface area contributed by atoms with Crippen LogP contribution in [0.4, 0.5) is 0 Å². The molecule has 1 aromatic heterocycles. The van der Waals surface area contributed by atoms with Crippen molar-refractivity contribution in [1.82, 2.24) is 5.32 Å². The fraction of sp³-hybridized carbons (Fsp3) is 0.636. The third-order valence-electron chi connectivity index (χ3n) is 2.86. The Morgan fingerprint density at radius 2 is 2.47 bits per heavy atom. The summed E-state index contributed by atoms with van der Waals surface area (Å²) < 4.78 is 6.08. The molecule has 0 aliphatic carbocycles. The maximum absolute atomic E-state index is 5.96. The quantitative estimate of drug-likeness (QED) is 0.884. The van der Waals surface area contributed by atoms with E-state index in [1.165, 1.54) is 11.3 Å². The summed E-state index contributed by atoms with van der Waals surface area (Å²) in [7, 11) is 1.76. The summed E-state index contributed by atoms with van der Waals surface area (Å²) in [5, 5.41) is 3.47. The molecule has 0 bridgehead atoms. The molecule has 2 atom stereocenters. The minimum absolute atomic E-state index is 0.495. The molecule has 2 heterocycles. The van der Waals surface area contributed by atoms with Gasteiger partial charge in [-0.1, -0.05) is 11.6 Å². The summed E-state index contributed by atoms with van der Waals surface area (Å²) in [5.41, 5.74) is 0. The number of rotatable bonds is 3. The molecule has 1 saturated heterocycles. The Hall–Kier alpha value is -0.0900. The lowest BCUT2D eigenvalue weighted by Gasteiger charge is -2.29. The van der Waals surface area contributed by atoms with Crippen molar-refractivity contribution in [1.29, 1.82) is 0 Å². The monoisotopic (exact) mass is 245 g/mol. The zero-order valence-corrected chi connectivity index (χ0v) is 10.4. The lowest BCUT2D eigenvalue weighted by Crippen LogP contribution is -2.40. The first-order chi connectivity index (χ1) is 7.29. The molecule has 1 aromatic rings. The fourth-order valence-corrected chi connectivity index (χ4v) is 3.35. The van der Waals surface area contributed by atoms with Crippen LogP contribution in [0.3, 0.4) is 0 Å². The van der Waals surface area contributed by atoms with E-state index in [1.807, 2.05) is 6.07 Å². The van der Waals surface area contributed by atoms with Crippen molar-refractivity contribution in [3.63, 3.8) is 0 Å². The Bertz CT molecular complexity index is 313. The van der Waals surface area contributed by atoms with Gasteiger partial charge in [-0.15, -0.1) is 11.3 Å². The molecule has 1 aliphatic rings. The smallest absolute Gasteiger partial charge is 0.0931 e. The second-order valence-electron chi connectivity index (χ2n) is 3.97. The molecule has 0 saturated carbocycles. The number of piperidine rings is 1. The highest BCUT2D eigenvalue weighted by atomic mass is 35.5. The van der Waals surface area contributed by atoms with Gasteiger partial charge in [-0.3, -0.25) is 0 Å². The van der Waals surface area contributed by atoms with Crippen LogP contribution >= 0.6 is 22.9 Å². The van der Waals surface area contributed by atoms with Gasteiger partial charge in [0, 0.05) is 18.0 Å². The van der Waals surface area contributed by atoms with Gasteiger partial charge in [-0.25, -0.2) is 0 Å². The van der Waals surface area contributed by atoms with E-state index in [-0.39, 0.29) is 0 Å². The first-order valence-corrected chi connectivity index (χ1v) is 6.46. The highest BCUT2D eigenvalue weighted by molar-refractivity contribution is 7.16. The second kappa shape index (κ2) is 5.30. The molecule has 1 aliphatic heterocycles. The Balaban J connectivity index is 1.98. The Kier molecular flexibility index (Phi) is 4.03. The molecule has 1 fully saturated rings. The SMILES string of the molecule is COCC1CC(c2ccc(Cl)s2)CCN1. The minimum Gasteiger partial charge on any atom is -0.383 e. The summed E-state index contributed by atoms with van der Waals surface area (Å²) in [6.07, 6.45) is 2.36. The molecule has 15 heavy (non-hydrogen) atoms. The molecule has 2 nitrogen and oxygen atoms in total. The van der Waals surface area contributed by atoms with Crippen molar-refractivity contribution in [3.05, 3.63) is 21.3 Å². The summed E-state index contributed by atoms with van der Waals surface area (Å²) >= 11 is 7.67. The van der Waals surface area contributed by atoms with E-state index in [4.69, 9.17) is 16.3 Å². The van der Waals surface area contributed by atoms with Crippen molar-refractivity contribution in [3.8, 4) is 0 Å². The Labute approximate surface area is 99.6 Å². The molecule has 0 radical (unpaired) electrons. The average molecular weight is 246 g/mol. The number of methoxy groups -OCH3 is 1. The highest BCUT2D eigenvalue weighted by Gasteiger charge is 2.23. The molecule has 0 aromatic carbocycles. The zero-order valence-electron chi connectivity index (χ0n) is 8.83. The van der Waals surface area contributed by atoms with Crippen LogP contribution in [0, 0.1) is 0 Å². The average Bonchev–Trinajstić information content (AvgIpc) is 2.66. The topological polar surface area (TPSA) is 21.3 Å². The maximum atomic E-state index is 5.96. The predicted molar refractivity (Wildman–Crippen MR) is 65.0 cm³/mol. The number of hydrogen-bond acceptors (Lipinski definition) is 3. The molecule has 1 N–H and O–H groups in total. The number of hydrogen-bond donors (Lipinski definition) is 1. The number of ether oxygens (including phenoxy) is 1. The van der Waals surface area contributed by atoms with Gasteiger partial charge in [0.05, 0.1) is 10.9 Å². The normalized spacial score (nSPS) is 26.8. The van der Waals surface area contributed by atoms with Crippen LogP contribution in [-0.2, 0) is 4.74 Å². The van der Waals surface area contributed by atoms with Gasteiger partial charge >= 0.3 is 0 Å². The van der Waals surface area contributed by atoms with Gasteiger partial charge in [-0.2, -0.15) is 0 Å². The molecule has 0 spiro atoms. The maximum Gasteiger partial charge on any atom is 0.0931 e. The van der Waals surface area contributed by atoms with Crippen molar-refractivity contribution in [2.45, 2.75) is 24.8 Å². The van der Waals surface area contributed by atoms with Gasteiger partial charge in [-0.05, 0) is 37.4 Å². The number of halogens is 1. The predicted octanol–water partition coefficient (Wildman–Crippen LogP) is 2.88. The minimum atomic E-state index is 0.495. The molecule has 4 heteroatoms. The van der Waals surface area contributed by atoms with Crippen LogP contribution < -0.4 is 5.32 Å². The van der Waals surface area contributed by atoms with E-state index in [2.05, 4.69) is 11.4 Å². The van der Waals surface area contributed by atoms with E-state index < -0.39 is 0 Å². The van der Waals surface area contributed by atoms with Crippen LogP contribution in [0.2, 0.25) is 4.34 Å². The first-order valence-electron chi connectivity index (χ1n) is 5.27. The van der Waals surface area contributed by atoms with Crippen LogP contribution in [0.1, 0.15) is 23.6 Å². The summed E-state index contributed by atoms with van der Waals surface area (Å²) in [4.78, 5) is 1.42. The van der Waals surface area contributed by atoms with E-state index in [0.717, 1.165) is 23.9 Å². The largest absolute Gasteiger partial charge is 0.383 e. The van der Waals surface area contributed by atoms with E-state index in [0.29, 0.717) is 12.0 Å². The van der Waals surface area contributed by atoms with Crippen molar-refractivity contribution >= 4 is 22.9 Å². The Morgan fingerprint density at radius 3 is 3.13 bits per heavy atom. The Morgan fingerprint density at radius 1 is 1.60 bits per heavy atom. The molecular weight excluding hydrogens is 230 g/mol. The third-order valence-corrected chi connectivity index (χ3v) is 4.25. The van der Waals surface area contributed by atoms with Crippen LogP contribution in [-0.4, -0.2) is 26.3 Å². The molecule has 0 amide bonds. The van der Waals surface area contributed by atoms with Crippen molar-refractivity contribution < 1.29 is 4.74 Å². The van der Waals surface area contributed by atoms with E-state index >= 15 is 0 Å². The van der Waals surface area contributed by atoms with Crippen molar-refractivity contribution in [2.75, 3.05) is 20.3 Å². The van der Waals surface area contributed by atoms with Gasteiger partial charge in [0.15, 0.2) is 0 Å². The number of nitrogens with one attached hydrogen (secondary N) is 1. The van der Waals surface area contributed by atoms with Gasteiger partial charge in [0.25, 0.3) is 0 Å². The summed E-state index contributed by atoms with van der Waals surface area (Å²) in [5.74, 6) is 0.656. The lowest BCUT2D eigenvalue weighted by molar-refractivity contribution is 0.149. The van der Waals surface area contributed by atoms with Crippen LogP contribution in [0.15, 0.2) is 12.1 Å². The second-order valence-corrected chi connectivity index (χ2v) is 5.72. The van der Waals surface area contributed by atoms with E-state index in [9.17, 15) is 0 Å². The molecule has 2 unspecified atom stereocenters. The van der Waals surface area contributed by atoms with Crippen LogP contribution in [0.5, 0.6) is 0 Å². The highest BCUT2D eigenvalue weighted by Crippen LogP contribution is 2.34. The lowest BCUT2D eigenvalue weighted by atomic mass is 9.91. The molecular formula is C11H16ClNOS. The standard InChI is InChI=1S/C11H16ClNOS/c1-14-7-9-6-8(4-5-13-9)10-2-3-11(12)15-10/h2-3,8-9,13H,4-7H2,1H3. The van der Waals surface area contributed by atoms with Crippen LogP contribution in [0.25, 0.3) is 0 Å². The number of thiophene rings is 1. The fourth-order valence-electron chi connectivity index (χ4n) is 2.14. The van der Waals surface area contributed by atoms with Gasteiger partial charge in [0.2, 0.25) is 0 Å². The first kappa shape index (κ1) is 11.4. The summed E-state index contributed by atoms with van der Waals surface area (Å²) in [6, 6.07) is 4.65. The van der Waals surface area contributed by atoms with Crippen molar-refractivity contribution in [2.24, 2.45) is 0 Å².